The molecule has 0 aliphatic carbocycles. The van der Waals surface area contributed by atoms with E-state index < -0.39 is 0 Å². The molecule has 1 N–H and O–H groups in total. The minimum Gasteiger partial charge on any atom is -0.497 e. The number of hydrogen-bond acceptors (Lipinski definition) is 8. The molecule has 3 heterocycles. The minimum atomic E-state index is -0.324. The number of nitrogens with zero attached hydrogens (tertiary/aromatic N) is 5. The SMILES string of the molecule is COc1ccc(OC)c(-c2cc(C(=O)Nc3cc(N4CCOCC4)ncn3)n(C)n2)c1. The molecule has 4 rings (SSSR count). The molecule has 2 aromatic heterocycles. The molecule has 1 saturated heterocycles. The Balaban J connectivity index is 1.56. The lowest BCUT2D eigenvalue weighted by atomic mass is 10.1. The van der Waals surface area contributed by atoms with Gasteiger partial charge in [-0.1, -0.05) is 0 Å². The number of hydrogen-bond donors (Lipinski definition) is 1. The van der Waals surface area contributed by atoms with Crippen molar-refractivity contribution < 1.29 is 19.0 Å². The van der Waals surface area contributed by atoms with Gasteiger partial charge in [-0.25, -0.2) is 9.97 Å². The van der Waals surface area contributed by atoms with Crippen LogP contribution in [0.1, 0.15) is 10.5 Å². The number of amides is 1. The zero-order valence-electron chi connectivity index (χ0n) is 17.7. The third-order valence-electron chi connectivity index (χ3n) is 5.02. The molecule has 3 aromatic rings. The first-order valence-electron chi connectivity index (χ1n) is 9.81. The van der Waals surface area contributed by atoms with Crippen molar-refractivity contribution in [1.29, 1.82) is 0 Å². The predicted octanol–water partition coefficient (Wildman–Crippen LogP) is 1.98. The quantitative estimate of drug-likeness (QED) is 0.641. The van der Waals surface area contributed by atoms with Gasteiger partial charge in [-0.2, -0.15) is 5.10 Å². The molecule has 1 fully saturated rings. The molecule has 1 amide bonds. The summed E-state index contributed by atoms with van der Waals surface area (Å²) in [5, 5.41) is 7.31. The zero-order valence-corrected chi connectivity index (χ0v) is 17.7. The van der Waals surface area contributed by atoms with Gasteiger partial charge in [0.15, 0.2) is 0 Å². The van der Waals surface area contributed by atoms with E-state index in [-0.39, 0.29) is 5.91 Å². The molecule has 1 aliphatic heterocycles. The van der Waals surface area contributed by atoms with Crippen molar-refractivity contribution >= 4 is 17.5 Å². The Morgan fingerprint density at radius 3 is 2.65 bits per heavy atom. The molecular formula is C21H24N6O4. The molecule has 0 unspecified atom stereocenters. The van der Waals surface area contributed by atoms with Crippen LogP contribution in [0.5, 0.6) is 11.5 Å². The van der Waals surface area contributed by atoms with Crippen LogP contribution in [-0.2, 0) is 11.8 Å². The number of anilines is 2. The molecule has 0 saturated carbocycles. The van der Waals surface area contributed by atoms with Gasteiger partial charge in [-0.15, -0.1) is 0 Å². The average molecular weight is 424 g/mol. The third-order valence-corrected chi connectivity index (χ3v) is 5.02. The minimum absolute atomic E-state index is 0.324. The number of nitrogens with one attached hydrogen (secondary N) is 1. The van der Waals surface area contributed by atoms with Gasteiger partial charge in [-0.05, 0) is 24.3 Å². The van der Waals surface area contributed by atoms with E-state index in [0.717, 1.165) is 24.5 Å². The van der Waals surface area contributed by atoms with Gasteiger partial charge in [0, 0.05) is 31.8 Å². The van der Waals surface area contributed by atoms with E-state index in [1.807, 2.05) is 6.07 Å². The molecule has 0 spiro atoms. The second kappa shape index (κ2) is 9.00. The maximum atomic E-state index is 12.9. The molecule has 31 heavy (non-hydrogen) atoms. The standard InChI is InChI=1S/C21H24N6O4/c1-26-17(11-16(25-26)15-10-14(29-2)4-5-18(15)30-3)21(28)24-19-12-20(23-13-22-19)27-6-8-31-9-7-27/h4-5,10-13H,6-9H2,1-3H3,(H,22,23,24,28). The van der Waals surface area contributed by atoms with Gasteiger partial charge in [0.05, 0.1) is 33.1 Å². The van der Waals surface area contributed by atoms with Crippen LogP contribution >= 0.6 is 0 Å². The topological polar surface area (TPSA) is 104 Å². The Hall–Kier alpha value is -3.66. The molecule has 10 nitrogen and oxygen atoms in total. The highest BCUT2D eigenvalue weighted by Crippen LogP contribution is 2.33. The molecule has 10 heteroatoms. The zero-order chi connectivity index (χ0) is 21.8. The van der Waals surface area contributed by atoms with E-state index in [9.17, 15) is 4.79 Å². The van der Waals surface area contributed by atoms with Crippen LogP contribution in [0.2, 0.25) is 0 Å². The van der Waals surface area contributed by atoms with Crippen LogP contribution < -0.4 is 19.7 Å². The number of aryl methyl sites for hydroxylation is 1. The van der Waals surface area contributed by atoms with Gasteiger partial charge in [0.1, 0.15) is 35.2 Å². The summed E-state index contributed by atoms with van der Waals surface area (Å²) in [6, 6.07) is 8.89. The summed E-state index contributed by atoms with van der Waals surface area (Å²) < 4.78 is 17.6. The Labute approximate surface area is 179 Å². The Kier molecular flexibility index (Phi) is 5.99. The van der Waals surface area contributed by atoms with Crippen LogP contribution in [0.25, 0.3) is 11.3 Å². The summed E-state index contributed by atoms with van der Waals surface area (Å²) in [6.07, 6.45) is 1.44. The summed E-state index contributed by atoms with van der Waals surface area (Å²) in [6.45, 7) is 2.80. The first-order valence-corrected chi connectivity index (χ1v) is 9.81. The lowest BCUT2D eigenvalue weighted by molar-refractivity contribution is 0.101. The van der Waals surface area contributed by atoms with Crippen LogP contribution in [0.15, 0.2) is 36.7 Å². The molecule has 1 aromatic carbocycles. The highest BCUT2D eigenvalue weighted by atomic mass is 16.5. The summed E-state index contributed by atoms with van der Waals surface area (Å²) in [5.74, 6) is 2.15. The van der Waals surface area contributed by atoms with E-state index in [1.54, 1.807) is 45.5 Å². The van der Waals surface area contributed by atoms with Crippen molar-refractivity contribution in [1.82, 2.24) is 19.7 Å². The number of methoxy groups -OCH3 is 2. The molecular weight excluding hydrogens is 400 g/mol. The van der Waals surface area contributed by atoms with Crippen molar-refractivity contribution in [3.05, 3.63) is 42.4 Å². The fourth-order valence-electron chi connectivity index (χ4n) is 3.39. The second-order valence-electron chi connectivity index (χ2n) is 6.92. The van der Waals surface area contributed by atoms with E-state index >= 15 is 0 Å². The van der Waals surface area contributed by atoms with E-state index in [2.05, 4.69) is 25.3 Å². The lowest BCUT2D eigenvalue weighted by Crippen LogP contribution is -2.36. The maximum Gasteiger partial charge on any atom is 0.275 e. The number of carbonyl (C=O) groups excluding carboxylic acids is 1. The van der Waals surface area contributed by atoms with Crippen molar-refractivity contribution in [3.8, 4) is 22.8 Å². The van der Waals surface area contributed by atoms with E-state index in [0.29, 0.717) is 41.9 Å². The van der Waals surface area contributed by atoms with E-state index in [4.69, 9.17) is 14.2 Å². The molecule has 0 radical (unpaired) electrons. The Morgan fingerprint density at radius 1 is 1.10 bits per heavy atom. The highest BCUT2D eigenvalue weighted by Gasteiger charge is 2.19. The summed E-state index contributed by atoms with van der Waals surface area (Å²) >= 11 is 0. The summed E-state index contributed by atoms with van der Waals surface area (Å²) in [4.78, 5) is 23.5. The van der Waals surface area contributed by atoms with Gasteiger partial charge in [0.2, 0.25) is 0 Å². The number of morpholine rings is 1. The number of rotatable bonds is 6. The molecule has 1 aliphatic rings. The van der Waals surface area contributed by atoms with Crippen molar-refractivity contribution in [3.63, 3.8) is 0 Å². The van der Waals surface area contributed by atoms with Crippen LogP contribution in [0, 0.1) is 0 Å². The van der Waals surface area contributed by atoms with Crippen molar-refractivity contribution in [2.45, 2.75) is 0 Å². The van der Waals surface area contributed by atoms with Crippen molar-refractivity contribution in [2.24, 2.45) is 7.05 Å². The summed E-state index contributed by atoms with van der Waals surface area (Å²) in [7, 11) is 4.89. The largest absolute Gasteiger partial charge is 0.497 e. The first kappa shape index (κ1) is 20.6. The highest BCUT2D eigenvalue weighted by molar-refractivity contribution is 6.03. The Bertz CT molecular complexity index is 1080. The van der Waals surface area contributed by atoms with Gasteiger partial charge < -0.3 is 24.4 Å². The lowest BCUT2D eigenvalue weighted by Gasteiger charge is -2.27. The fourth-order valence-corrected chi connectivity index (χ4v) is 3.39. The normalized spacial score (nSPS) is 13.7. The van der Waals surface area contributed by atoms with Gasteiger partial charge >= 0.3 is 0 Å². The average Bonchev–Trinajstić information content (AvgIpc) is 3.21. The smallest absolute Gasteiger partial charge is 0.275 e. The van der Waals surface area contributed by atoms with Gasteiger partial charge in [-0.3, -0.25) is 9.48 Å². The van der Waals surface area contributed by atoms with Crippen molar-refractivity contribution in [2.75, 3.05) is 50.7 Å². The third kappa shape index (κ3) is 4.43. The van der Waals surface area contributed by atoms with Crippen LogP contribution in [0.3, 0.4) is 0 Å². The second-order valence-corrected chi connectivity index (χ2v) is 6.92. The first-order chi connectivity index (χ1) is 15.1. The number of benzene rings is 1. The number of aromatic nitrogens is 4. The Morgan fingerprint density at radius 2 is 1.90 bits per heavy atom. The predicted molar refractivity (Wildman–Crippen MR) is 115 cm³/mol. The van der Waals surface area contributed by atoms with Crippen LogP contribution in [0.4, 0.5) is 11.6 Å². The van der Waals surface area contributed by atoms with Gasteiger partial charge in [0.25, 0.3) is 5.91 Å². The number of ether oxygens (including phenoxy) is 3. The van der Waals surface area contributed by atoms with E-state index in [1.165, 1.54) is 11.0 Å². The monoisotopic (exact) mass is 424 g/mol. The number of carbonyl (C=O) groups is 1. The molecule has 162 valence electrons. The maximum absolute atomic E-state index is 12.9. The summed E-state index contributed by atoms with van der Waals surface area (Å²) in [5.41, 5.74) is 1.71. The molecule has 0 atom stereocenters. The van der Waals surface area contributed by atoms with Crippen LogP contribution in [-0.4, -0.2) is 66.2 Å². The fraction of sp³-hybridized carbons (Fsp3) is 0.333. The molecule has 0 bridgehead atoms.